The van der Waals surface area contributed by atoms with Gasteiger partial charge >= 0.3 is 0 Å². The van der Waals surface area contributed by atoms with Gasteiger partial charge in [0.2, 0.25) is 0 Å². The number of halogens is 1. The van der Waals surface area contributed by atoms with Gasteiger partial charge in [-0.2, -0.15) is 0 Å². The monoisotopic (exact) mass is 402 g/mol. The van der Waals surface area contributed by atoms with Gasteiger partial charge in [-0.05, 0) is 38.5 Å². The summed E-state index contributed by atoms with van der Waals surface area (Å²) in [6.07, 6.45) is 24.2. The lowest BCUT2D eigenvalue weighted by atomic mass is 10.1. The van der Waals surface area contributed by atoms with E-state index in [1.165, 1.54) is 110 Å². The minimum atomic E-state index is 0. The van der Waals surface area contributed by atoms with Crippen LogP contribution in [0.15, 0.2) is 12.2 Å². The highest BCUT2D eigenvalue weighted by Gasteiger charge is 2.21. The standard InChI is InChI=1S/C23H46N2O.ClH/c1-2-3-4-5-6-7-8-9-10-11-12-13-14-15-16-17-18-24-19-20-25(23-24)21-22-26;/h9-10,26H,2-8,11-23H2,1H3;1H/b10-9-;. The van der Waals surface area contributed by atoms with Crippen LogP contribution in [-0.2, 0) is 0 Å². The van der Waals surface area contributed by atoms with Crippen LogP contribution in [0.25, 0.3) is 0 Å². The molecule has 1 atom stereocenters. The third-order valence-electron chi connectivity index (χ3n) is 5.69. The third kappa shape index (κ3) is 16.6. The number of hydrogen-bond donors (Lipinski definition) is 2. The lowest BCUT2D eigenvalue weighted by Gasteiger charge is -2.14. The number of nitrogens with zero attached hydrogens (tertiary/aromatic N) is 1. The number of allylic oxidation sites excluding steroid dienone is 2. The largest absolute Gasteiger partial charge is 1.00 e. The molecule has 1 saturated heterocycles. The van der Waals surface area contributed by atoms with Crippen LogP contribution in [0.4, 0.5) is 0 Å². The molecule has 2 N–H and O–H groups in total. The van der Waals surface area contributed by atoms with E-state index in [2.05, 4.69) is 24.0 Å². The van der Waals surface area contributed by atoms with Crippen molar-refractivity contribution in [2.75, 3.05) is 39.5 Å². The summed E-state index contributed by atoms with van der Waals surface area (Å²) in [6, 6.07) is 0. The second kappa shape index (κ2) is 20.6. The Morgan fingerprint density at radius 2 is 1.37 bits per heavy atom. The minimum Gasteiger partial charge on any atom is -1.00 e. The fourth-order valence-corrected chi connectivity index (χ4v) is 3.95. The quantitative estimate of drug-likeness (QED) is 0.266. The molecule has 1 heterocycles. The van der Waals surface area contributed by atoms with Crippen LogP contribution in [0.2, 0.25) is 0 Å². The summed E-state index contributed by atoms with van der Waals surface area (Å²) < 4.78 is 0. The molecule has 0 radical (unpaired) electrons. The maximum absolute atomic E-state index is 8.98. The molecule has 0 bridgehead atoms. The van der Waals surface area contributed by atoms with Gasteiger partial charge < -0.3 is 22.4 Å². The maximum Gasteiger partial charge on any atom is 0.133 e. The first-order valence-corrected chi connectivity index (χ1v) is 11.7. The van der Waals surface area contributed by atoms with Crippen molar-refractivity contribution in [3.05, 3.63) is 12.2 Å². The zero-order chi connectivity index (χ0) is 18.7. The van der Waals surface area contributed by atoms with Gasteiger partial charge in [0.25, 0.3) is 0 Å². The van der Waals surface area contributed by atoms with Gasteiger partial charge in [0.15, 0.2) is 0 Å². The zero-order valence-electron chi connectivity index (χ0n) is 18.1. The second-order valence-corrected chi connectivity index (χ2v) is 8.19. The van der Waals surface area contributed by atoms with E-state index in [9.17, 15) is 0 Å². The van der Waals surface area contributed by atoms with Gasteiger partial charge in [0.05, 0.1) is 26.2 Å². The molecular weight excluding hydrogens is 356 g/mol. The highest BCUT2D eigenvalue weighted by Crippen LogP contribution is 2.09. The van der Waals surface area contributed by atoms with Crippen LogP contribution in [0.5, 0.6) is 0 Å². The molecule has 1 rings (SSSR count). The van der Waals surface area contributed by atoms with Gasteiger partial charge in [-0.3, -0.25) is 0 Å². The Labute approximate surface area is 176 Å². The van der Waals surface area contributed by atoms with E-state index in [-0.39, 0.29) is 12.4 Å². The maximum atomic E-state index is 8.98. The summed E-state index contributed by atoms with van der Waals surface area (Å²) in [5, 5.41) is 8.98. The van der Waals surface area contributed by atoms with Crippen molar-refractivity contribution in [3.8, 4) is 0 Å². The van der Waals surface area contributed by atoms with Crippen molar-refractivity contribution in [2.24, 2.45) is 0 Å². The van der Waals surface area contributed by atoms with Crippen molar-refractivity contribution in [1.82, 2.24) is 4.90 Å². The number of quaternary nitrogens is 1. The Hall–Kier alpha value is -0.0900. The van der Waals surface area contributed by atoms with Crippen molar-refractivity contribution >= 4 is 0 Å². The molecule has 0 spiro atoms. The molecule has 1 aliphatic rings. The van der Waals surface area contributed by atoms with Gasteiger partial charge in [-0.15, -0.1) is 0 Å². The molecule has 1 unspecified atom stereocenters. The first-order chi connectivity index (χ1) is 12.9. The average Bonchev–Trinajstić information content (AvgIpc) is 3.09. The lowest BCUT2D eigenvalue weighted by molar-refractivity contribution is -0.892. The summed E-state index contributed by atoms with van der Waals surface area (Å²) >= 11 is 0. The molecule has 3 nitrogen and oxygen atoms in total. The summed E-state index contributed by atoms with van der Waals surface area (Å²) in [7, 11) is 0. The Balaban J connectivity index is 0.00000676. The molecule has 4 heteroatoms. The zero-order valence-corrected chi connectivity index (χ0v) is 18.8. The normalized spacial score (nSPS) is 17.6. The lowest BCUT2D eigenvalue weighted by Crippen LogP contribution is -3.10. The van der Waals surface area contributed by atoms with Crippen molar-refractivity contribution in [2.45, 2.75) is 96.8 Å². The Morgan fingerprint density at radius 3 is 1.96 bits per heavy atom. The predicted molar refractivity (Wildman–Crippen MR) is 114 cm³/mol. The number of aliphatic hydroxyl groups is 1. The molecule has 0 aromatic carbocycles. The number of aliphatic hydroxyl groups excluding tert-OH is 1. The smallest absolute Gasteiger partial charge is 0.133 e. The molecule has 0 aromatic rings. The summed E-state index contributed by atoms with van der Waals surface area (Å²) in [5.41, 5.74) is 0. The topological polar surface area (TPSA) is 27.9 Å². The second-order valence-electron chi connectivity index (χ2n) is 8.19. The van der Waals surface area contributed by atoms with Gasteiger partial charge in [0, 0.05) is 6.54 Å². The number of β-amino-alcohol motifs (C(OH)–C–C–N with tert-alkyl or cyclic N) is 1. The Morgan fingerprint density at radius 1 is 0.815 bits per heavy atom. The van der Waals surface area contributed by atoms with Crippen LogP contribution in [0.3, 0.4) is 0 Å². The van der Waals surface area contributed by atoms with E-state index in [0.717, 1.165) is 13.2 Å². The SMILES string of the molecule is CCCCCCCC/C=C\CCCCCCCC[NH+]1CCN(CCO)C1.[Cl-]. The molecule has 162 valence electrons. The number of unbranched alkanes of at least 4 members (excludes halogenated alkanes) is 12. The molecule has 1 aliphatic heterocycles. The van der Waals surface area contributed by atoms with Crippen LogP contribution in [-0.4, -0.2) is 49.5 Å². The van der Waals surface area contributed by atoms with Gasteiger partial charge in [-0.25, -0.2) is 4.90 Å². The van der Waals surface area contributed by atoms with Gasteiger partial charge in [-0.1, -0.05) is 70.4 Å². The molecule has 0 amide bonds. The predicted octanol–water partition coefficient (Wildman–Crippen LogP) is 1.18. The van der Waals surface area contributed by atoms with E-state index in [0.29, 0.717) is 6.61 Å². The van der Waals surface area contributed by atoms with Crippen molar-refractivity contribution < 1.29 is 22.4 Å². The Bertz CT molecular complexity index is 326. The fraction of sp³-hybridized carbons (Fsp3) is 0.913. The molecule has 0 aliphatic carbocycles. The first-order valence-electron chi connectivity index (χ1n) is 11.7. The molecular formula is C23H47ClN2O. The van der Waals surface area contributed by atoms with Crippen LogP contribution in [0, 0.1) is 0 Å². The first kappa shape index (κ1) is 26.9. The summed E-state index contributed by atoms with van der Waals surface area (Å²) in [5.74, 6) is 0. The number of nitrogens with one attached hydrogen (secondary N) is 1. The minimum absolute atomic E-state index is 0. The van der Waals surface area contributed by atoms with E-state index in [4.69, 9.17) is 5.11 Å². The fourth-order valence-electron chi connectivity index (χ4n) is 3.95. The molecule has 0 aromatic heterocycles. The van der Waals surface area contributed by atoms with Crippen LogP contribution < -0.4 is 17.3 Å². The number of hydrogen-bond acceptors (Lipinski definition) is 2. The summed E-state index contributed by atoms with van der Waals surface area (Å²) in [4.78, 5) is 4.10. The molecule has 1 fully saturated rings. The van der Waals surface area contributed by atoms with E-state index >= 15 is 0 Å². The van der Waals surface area contributed by atoms with Crippen molar-refractivity contribution in [3.63, 3.8) is 0 Å². The highest BCUT2D eigenvalue weighted by molar-refractivity contribution is 4.81. The Kier molecular flexibility index (Phi) is 20.6. The third-order valence-corrected chi connectivity index (χ3v) is 5.69. The number of rotatable bonds is 18. The van der Waals surface area contributed by atoms with Crippen LogP contribution in [0.1, 0.15) is 96.8 Å². The van der Waals surface area contributed by atoms with Crippen LogP contribution >= 0.6 is 0 Å². The summed E-state index contributed by atoms with van der Waals surface area (Å²) in [6.45, 7) is 8.35. The average molecular weight is 403 g/mol. The molecule has 0 saturated carbocycles. The molecule has 27 heavy (non-hydrogen) atoms. The van der Waals surface area contributed by atoms with Crippen molar-refractivity contribution in [1.29, 1.82) is 0 Å². The van der Waals surface area contributed by atoms with Gasteiger partial charge in [0.1, 0.15) is 6.67 Å². The van der Waals surface area contributed by atoms with E-state index < -0.39 is 0 Å². The van der Waals surface area contributed by atoms with E-state index in [1.54, 1.807) is 4.90 Å². The van der Waals surface area contributed by atoms with E-state index in [1.807, 2.05) is 0 Å². The highest BCUT2D eigenvalue weighted by atomic mass is 35.5.